The lowest BCUT2D eigenvalue weighted by Crippen LogP contribution is -2.01. The lowest BCUT2D eigenvalue weighted by atomic mass is 10.2. The van der Waals surface area contributed by atoms with Crippen LogP contribution in [-0.4, -0.2) is 20.5 Å². The fourth-order valence-electron chi connectivity index (χ4n) is 1.93. The van der Waals surface area contributed by atoms with Gasteiger partial charge in [-0.25, -0.2) is 0 Å². The molecular weight excluding hydrogens is 372 g/mol. The van der Waals surface area contributed by atoms with Gasteiger partial charge in [-0.15, -0.1) is 0 Å². The van der Waals surface area contributed by atoms with Gasteiger partial charge in [0.25, 0.3) is 0 Å². The number of rotatable bonds is 6. The summed E-state index contributed by atoms with van der Waals surface area (Å²) in [6, 6.07) is 8.60. The van der Waals surface area contributed by atoms with Crippen LogP contribution >= 0.6 is 27.5 Å². The Kier molecular flexibility index (Phi) is 5.69. The second kappa shape index (κ2) is 7.51. The minimum absolute atomic E-state index is 0.236. The van der Waals surface area contributed by atoms with Gasteiger partial charge in [-0.2, -0.15) is 0 Å². The summed E-state index contributed by atoms with van der Waals surface area (Å²) < 4.78 is 17.0. The SMILES string of the molecule is COc1ccc(Cl)cc1COc1cc(C=O)c(Br)cc1OC. The third kappa shape index (κ3) is 3.72. The molecule has 0 N–H and O–H groups in total. The first-order valence-corrected chi connectivity index (χ1v) is 7.54. The number of benzene rings is 2. The Balaban J connectivity index is 2.28. The van der Waals surface area contributed by atoms with Crippen molar-refractivity contribution in [3.05, 3.63) is 51.0 Å². The van der Waals surface area contributed by atoms with Crippen LogP contribution < -0.4 is 14.2 Å². The number of methoxy groups -OCH3 is 2. The van der Waals surface area contributed by atoms with Crippen LogP contribution in [-0.2, 0) is 6.61 Å². The quantitative estimate of drug-likeness (QED) is 0.686. The van der Waals surface area contributed by atoms with E-state index >= 15 is 0 Å². The largest absolute Gasteiger partial charge is 0.496 e. The fraction of sp³-hybridized carbons (Fsp3) is 0.188. The molecule has 0 aliphatic heterocycles. The number of halogens is 2. The smallest absolute Gasteiger partial charge is 0.162 e. The van der Waals surface area contributed by atoms with Crippen LogP contribution in [0, 0.1) is 0 Å². The number of hydrogen-bond acceptors (Lipinski definition) is 4. The van der Waals surface area contributed by atoms with Crippen LogP contribution in [0.1, 0.15) is 15.9 Å². The summed E-state index contributed by atoms with van der Waals surface area (Å²) in [5.41, 5.74) is 1.28. The van der Waals surface area contributed by atoms with Gasteiger partial charge in [0.2, 0.25) is 0 Å². The molecule has 0 aliphatic rings. The minimum atomic E-state index is 0.236. The maximum atomic E-state index is 11.0. The molecule has 0 aliphatic carbocycles. The Labute approximate surface area is 142 Å². The summed E-state index contributed by atoms with van der Waals surface area (Å²) in [7, 11) is 3.12. The summed E-state index contributed by atoms with van der Waals surface area (Å²) >= 11 is 9.30. The van der Waals surface area contributed by atoms with Crippen LogP contribution in [0.25, 0.3) is 0 Å². The van der Waals surface area contributed by atoms with Gasteiger partial charge >= 0.3 is 0 Å². The molecule has 0 bridgehead atoms. The normalized spacial score (nSPS) is 10.2. The van der Waals surface area contributed by atoms with Crippen molar-refractivity contribution >= 4 is 33.8 Å². The number of carbonyl (C=O) groups is 1. The zero-order valence-corrected chi connectivity index (χ0v) is 14.4. The molecule has 0 heterocycles. The van der Waals surface area contributed by atoms with Gasteiger partial charge < -0.3 is 14.2 Å². The summed E-state index contributed by atoms with van der Waals surface area (Å²) in [4.78, 5) is 11.0. The number of hydrogen-bond donors (Lipinski definition) is 0. The Morgan fingerprint density at radius 2 is 1.82 bits per heavy atom. The first-order chi connectivity index (χ1) is 10.6. The summed E-state index contributed by atoms with van der Waals surface area (Å²) in [6.07, 6.45) is 0.746. The molecular formula is C16H14BrClO4. The second-order valence-electron chi connectivity index (χ2n) is 4.39. The third-order valence-corrected chi connectivity index (χ3v) is 3.96. The van der Waals surface area contributed by atoms with Crippen molar-refractivity contribution in [2.45, 2.75) is 6.61 Å². The van der Waals surface area contributed by atoms with Crippen molar-refractivity contribution in [3.63, 3.8) is 0 Å². The predicted octanol–water partition coefficient (Wildman–Crippen LogP) is 4.51. The average Bonchev–Trinajstić information content (AvgIpc) is 2.53. The van der Waals surface area contributed by atoms with Gasteiger partial charge in [0.15, 0.2) is 17.8 Å². The maximum Gasteiger partial charge on any atom is 0.162 e. The molecule has 2 aromatic rings. The zero-order chi connectivity index (χ0) is 16.1. The van der Waals surface area contributed by atoms with Gasteiger partial charge in [-0.3, -0.25) is 4.79 Å². The van der Waals surface area contributed by atoms with Crippen LogP contribution in [0.2, 0.25) is 5.02 Å². The highest BCUT2D eigenvalue weighted by atomic mass is 79.9. The molecule has 0 radical (unpaired) electrons. The summed E-state index contributed by atoms with van der Waals surface area (Å²) in [5, 5.41) is 0.593. The first kappa shape index (κ1) is 16.6. The Morgan fingerprint density at radius 1 is 1.09 bits per heavy atom. The van der Waals surface area contributed by atoms with Crippen LogP contribution in [0.3, 0.4) is 0 Å². The molecule has 0 aromatic heterocycles. The van der Waals surface area contributed by atoms with Crippen molar-refractivity contribution < 1.29 is 19.0 Å². The second-order valence-corrected chi connectivity index (χ2v) is 5.68. The fourth-order valence-corrected chi connectivity index (χ4v) is 2.54. The first-order valence-electron chi connectivity index (χ1n) is 6.37. The predicted molar refractivity (Wildman–Crippen MR) is 88.4 cm³/mol. The monoisotopic (exact) mass is 384 g/mol. The van der Waals surface area contributed by atoms with Crippen LogP contribution in [0.15, 0.2) is 34.8 Å². The molecule has 2 aromatic carbocycles. The molecule has 0 fully saturated rings. The van der Waals surface area contributed by atoms with Gasteiger partial charge in [-0.1, -0.05) is 11.6 Å². The van der Waals surface area contributed by atoms with Crippen LogP contribution in [0.5, 0.6) is 17.2 Å². The van der Waals surface area contributed by atoms with E-state index in [-0.39, 0.29) is 6.61 Å². The molecule has 0 amide bonds. The summed E-state index contributed by atoms with van der Waals surface area (Å²) in [5.74, 6) is 1.67. The van der Waals surface area contributed by atoms with E-state index in [0.717, 1.165) is 11.8 Å². The van der Waals surface area contributed by atoms with E-state index in [2.05, 4.69) is 15.9 Å². The van der Waals surface area contributed by atoms with Gasteiger partial charge in [0.05, 0.1) is 14.2 Å². The third-order valence-electron chi connectivity index (χ3n) is 3.04. The topological polar surface area (TPSA) is 44.8 Å². The van der Waals surface area contributed by atoms with E-state index in [1.807, 2.05) is 0 Å². The van der Waals surface area contributed by atoms with Gasteiger partial charge in [0, 0.05) is 20.6 Å². The molecule has 4 nitrogen and oxygen atoms in total. The van der Waals surface area contributed by atoms with E-state index in [9.17, 15) is 4.79 Å². The molecule has 0 saturated carbocycles. The zero-order valence-electron chi connectivity index (χ0n) is 12.1. The molecule has 6 heteroatoms. The molecule has 0 unspecified atom stereocenters. The van der Waals surface area contributed by atoms with Crippen molar-refractivity contribution in [3.8, 4) is 17.2 Å². The Bertz CT molecular complexity index is 688. The van der Waals surface area contributed by atoms with E-state index in [1.165, 1.54) is 7.11 Å². The summed E-state index contributed by atoms with van der Waals surface area (Å²) in [6.45, 7) is 0.236. The lowest BCUT2D eigenvalue weighted by molar-refractivity contribution is 0.112. The minimum Gasteiger partial charge on any atom is -0.496 e. The number of carbonyl (C=O) groups excluding carboxylic acids is 1. The Morgan fingerprint density at radius 3 is 2.45 bits per heavy atom. The number of aldehydes is 1. The molecule has 22 heavy (non-hydrogen) atoms. The highest BCUT2D eigenvalue weighted by molar-refractivity contribution is 9.10. The van der Waals surface area contributed by atoms with Crippen molar-refractivity contribution in [2.24, 2.45) is 0 Å². The highest BCUT2D eigenvalue weighted by Gasteiger charge is 2.12. The molecule has 0 saturated heterocycles. The average molecular weight is 386 g/mol. The molecule has 0 spiro atoms. The maximum absolute atomic E-state index is 11.0. The van der Waals surface area contributed by atoms with E-state index in [0.29, 0.717) is 32.3 Å². The highest BCUT2D eigenvalue weighted by Crippen LogP contribution is 2.34. The van der Waals surface area contributed by atoms with E-state index in [1.54, 1.807) is 37.4 Å². The standard InChI is InChI=1S/C16H14BrClO4/c1-20-14-4-3-12(18)5-11(14)9-22-16-6-10(8-19)13(17)7-15(16)21-2/h3-8H,9H2,1-2H3. The lowest BCUT2D eigenvalue weighted by Gasteiger charge is -2.14. The van der Waals surface area contributed by atoms with E-state index < -0.39 is 0 Å². The van der Waals surface area contributed by atoms with Crippen molar-refractivity contribution in [1.29, 1.82) is 0 Å². The van der Waals surface area contributed by atoms with Crippen molar-refractivity contribution in [1.82, 2.24) is 0 Å². The molecule has 0 atom stereocenters. The van der Waals surface area contributed by atoms with Gasteiger partial charge in [0.1, 0.15) is 12.4 Å². The molecule has 116 valence electrons. The molecule has 2 rings (SSSR count). The van der Waals surface area contributed by atoms with Gasteiger partial charge in [-0.05, 0) is 46.3 Å². The van der Waals surface area contributed by atoms with E-state index in [4.69, 9.17) is 25.8 Å². The van der Waals surface area contributed by atoms with Crippen molar-refractivity contribution in [2.75, 3.05) is 14.2 Å². The number of ether oxygens (including phenoxy) is 3. The van der Waals surface area contributed by atoms with Crippen LogP contribution in [0.4, 0.5) is 0 Å². The Hall–Kier alpha value is -1.72.